The maximum Gasteiger partial charge on any atom is 0.419 e. The topological polar surface area (TPSA) is 61.8 Å². The second-order valence-electron chi connectivity index (χ2n) is 5.34. The van der Waals surface area contributed by atoms with Crippen molar-refractivity contribution in [3.05, 3.63) is 58.5 Å². The number of nitrogens with zero attached hydrogens (tertiary/aromatic N) is 2. The molecule has 128 valence electrons. The molecule has 5 nitrogen and oxygen atoms in total. The molecule has 0 radical (unpaired) electrons. The fourth-order valence-electron chi connectivity index (χ4n) is 2.44. The zero-order chi connectivity index (χ0) is 17.8. The van der Waals surface area contributed by atoms with Crippen molar-refractivity contribution >= 4 is 27.7 Å². The van der Waals surface area contributed by atoms with E-state index in [4.69, 9.17) is 11.6 Å². The van der Waals surface area contributed by atoms with Crippen molar-refractivity contribution in [2.75, 3.05) is 6.26 Å². The average Bonchev–Trinajstić information content (AvgIpc) is 2.85. The highest BCUT2D eigenvalue weighted by molar-refractivity contribution is 7.91. The molecule has 0 spiro atoms. The van der Waals surface area contributed by atoms with E-state index in [2.05, 4.69) is 10.4 Å². The molecule has 1 atom stereocenters. The van der Waals surface area contributed by atoms with Crippen LogP contribution in [0.1, 0.15) is 5.56 Å². The van der Waals surface area contributed by atoms with Crippen LogP contribution in [-0.4, -0.2) is 32.1 Å². The molecule has 0 aliphatic carbocycles. The Morgan fingerprint density at radius 1 is 1.33 bits per heavy atom. The van der Waals surface area contributed by atoms with Gasteiger partial charge in [0.2, 0.25) is 0 Å². The largest absolute Gasteiger partial charge is 0.419 e. The number of halogens is 4. The minimum absolute atomic E-state index is 0.0494. The number of hydrogen-bond donors (Lipinski definition) is 1. The Kier molecular flexibility index (Phi) is 3.78. The van der Waals surface area contributed by atoms with Crippen LogP contribution in [0, 0.1) is 0 Å². The molecule has 0 saturated heterocycles. The lowest BCUT2D eigenvalue weighted by molar-refractivity contribution is -0.0869. The van der Waals surface area contributed by atoms with Gasteiger partial charge in [-0.05, 0) is 17.7 Å². The van der Waals surface area contributed by atoms with Gasteiger partial charge in [-0.3, -0.25) is 5.01 Å². The van der Waals surface area contributed by atoms with Crippen molar-refractivity contribution in [3.63, 3.8) is 0 Å². The fraction of sp³-hybridized carbons (Fsp3) is 0.214. The molecule has 0 saturated carbocycles. The number of fused-ring (bicyclic) bond motifs is 1. The molecule has 1 aromatic rings. The Morgan fingerprint density at radius 2 is 2.04 bits per heavy atom. The third-order valence-electron chi connectivity index (χ3n) is 3.64. The monoisotopic (exact) mass is 377 g/mol. The first-order valence-electron chi connectivity index (χ1n) is 6.61. The number of hydrogen-bond acceptors (Lipinski definition) is 5. The predicted molar refractivity (Wildman–Crippen MR) is 83.7 cm³/mol. The van der Waals surface area contributed by atoms with Gasteiger partial charge in [0.15, 0.2) is 14.7 Å². The van der Waals surface area contributed by atoms with Crippen molar-refractivity contribution in [2.45, 2.75) is 11.0 Å². The molecular weight excluding hydrogens is 367 g/mol. The van der Waals surface area contributed by atoms with Gasteiger partial charge in [0, 0.05) is 29.8 Å². The van der Waals surface area contributed by atoms with Gasteiger partial charge in [-0.1, -0.05) is 23.7 Å². The third-order valence-corrected chi connectivity index (χ3v) is 5.49. The number of sulfone groups is 1. The van der Waals surface area contributed by atoms with E-state index in [9.17, 15) is 21.6 Å². The lowest BCUT2D eigenvalue weighted by Gasteiger charge is -2.29. The summed E-state index contributed by atoms with van der Waals surface area (Å²) in [7, 11) is -3.82. The summed E-state index contributed by atoms with van der Waals surface area (Å²) in [6.45, 7) is 0. The average molecular weight is 378 g/mol. The van der Waals surface area contributed by atoms with Crippen LogP contribution in [0.15, 0.2) is 52.9 Å². The normalized spacial score (nSPS) is 23.8. The number of hydrazine groups is 1. The van der Waals surface area contributed by atoms with Crippen molar-refractivity contribution < 1.29 is 21.6 Å². The molecule has 3 rings (SSSR count). The molecule has 1 unspecified atom stereocenters. The molecule has 2 aliphatic rings. The Morgan fingerprint density at radius 3 is 2.62 bits per heavy atom. The number of rotatable bonds is 2. The molecule has 2 heterocycles. The van der Waals surface area contributed by atoms with Gasteiger partial charge in [-0.25, -0.2) is 13.4 Å². The highest BCUT2D eigenvalue weighted by Crippen LogP contribution is 2.39. The molecular formula is C14H11ClF3N3O2S. The summed E-state index contributed by atoms with van der Waals surface area (Å²) >= 11 is 5.92. The van der Waals surface area contributed by atoms with Gasteiger partial charge in [-0.2, -0.15) is 18.6 Å². The van der Waals surface area contributed by atoms with Crippen LogP contribution in [0.4, 0.5) is 13.2 Å². The Labute approximate surface area is 141 Å². The van der Waals surface area contributed by atoms with E-state index in [0.717, 1.165) is 17.5 Å². The summed E-state index contributed by atoms with van der Waals surface area (Å²) in [4.78, 5) is 1.95. The number of allylic oxidation sites excluding steroid dienone is 1. The van der Waals surface area contributed by atoms with E-state index in [1.165, 1.54) is 18.2 Å². The van der Waals surface area contributed by atoms with Crippen LogP contribution < -0.4 is 5.43 Å². The van der Waals surface area contributed by atoms with Crippen molar-refractivity contribution in [3.8, 4) is 0 Å². The quantitative estimate of drug-likeness (QED) is 0.861. The molecule has 1 aromatic carbocycles. The standard InChI is InChI=1S/C14H11ClF3N3O2S/c1-24(22,23)13(9-3-2-4-11(15)5-9)6-12-19-7-10(14(16,17)18)8-21(12)20-13/h2-8,20H,1H3. The first-order valence-corrected chi connectivity index (χ1v) is 8.88. The van der Waals surface area contributed by atoms with E-state index in [1.807, 2.05) is 0 Å². The number of benzene rings is 1. The van der Waals surface area contributed by atoms with Crippen LogP contribution in [0.25, 0.3) is 0 Å². The summed E-state index contributed by atoms with van der Waals surface area (Å²) in [5.41, 5.74) is 1.87. The molecule has 0 amide bonds. The molecule has 0 aromatic heterocycles. The zero-order valence-electron chi connectivity index (χ0n) is 12.2. The van der Waals surface area contributed by atoms with Crippen LogP contribution in [0.2, 0.25) is 5.02 Å². The second-order valence-corrected chi connectivity index (χ2v) is 7.97. The molecule has 0 bridgehead atoms. The van der Waals surface area contributed by atoms with E-state index < -0.39 is 26.5 Å². The maximum absolute atomic E-state index is 12.8. The van der Waals surface area contributed by atoms with Crippen LogP contribution >= 0.6 is 11.6 Å². The van der Waals surface area contributed by atoms with Crippen molar-refractivity contribution in [1.82, 2.24) is 10.4 Å². The number of alkyl halides is 3. The van der Waals surface area contributed by atoms with Crippen LogP contribution in [0.5, 0.6) is 0 Å². The van der Waals surface area contributed by atoms with E-state index >= 15 is 0 Å². The highest BCUT2D eigenvalue weighted by atomic mass is 35.5. The SMILES string of the molecule is CS(=O)(=O)C1(c2cccc(Cl)c2)C=C2N=CC(C(F)(F)F)=CN2N1. The van der Waals surface area contributed by atoms with Gasteiger partial charge >= 0.3 is 6.18 Å². The van der Waals surface area contributed by atoms with Crippen molar-refractivity contribution in [2.24, 2.45) is 4.99 Å². The Bertz CT molecular complexity index is 893. The molecule has 24 heavy (non-hydrogen) atoms. The smallest absolute Gasteiger partial charge is 0.264 e. The zero-order valence-corrected chi connectivity index (χ0v) is 13.7. The fourth-order valence-corrected chi connectivity index (χ4v) is 3.77. The van der Waals surface area contributed by atoms with Crippen LogP contribution in [-0.2, 0) is 14.7 Å². The predicted octanol–water partition coefficient (Wildman–Crippen LogP) is 2.73. The number of nitrogens with one attached hydrogen (secondary N) is 1. The van der Waals surface area contributed by atoms with Gasteiger partial charge in [-0.15, -0.1) is 0 Å². The summed E-state index contributed by atoms with van der Waals surface area (Å²) in [5, 5.41) is 1.25. The van der Waals surface area contributed by atoms with Crippen LogP contribution in [0.3, 0.4) is 0 Å². The maximum atomic E-state index is 12.8. The van der Waals surface area contributed by atoms with Gasteiger partial charge < -0.3 is 0 Å². The lowest BCUT2D eigenvalue weighted by atomic mass is 10.1. The Hall–Kier alpha value is -1.84. The van der Waals surface area contributed by atoms with Gasteiger partial charge in [0.25, 0.3) is 0 Å². The van der Waals surface area contributed by atoms with Gasteiger partial charge in [0.05, 0.1) is 5.57 Å². The minimum Gasteiger partial charge on any atom is -0.264 e. The molecule has 1 N–H and O–H groups in total. The highest BCUT2D eigenvalue weighted by Gasteiger charge is 2.48. The first kappa shape index (κ1) is 17.0. The summed E-state index contributed by atoms with van der Waals surface area (Å²) < 4.78 is 63.3. The molecule has 10 heteroatoms. The number of aliphatic imine (C=N–C) groups is 1. The summed E-state index contributed by atoms with van der Waals surface area (Å²) in [6.07, 6.45) is -0.942. The molecule has 2 aliphatic heterocycles. The third kappa shape index (κ3) is 2.72. The van der Waals surface area contributed by atoms with Crippen molar-refractivity contribution in [1.29, 1.82) is 0 Å². The second kappa shape index (κ2) is 5.33. The lowest BCUT2D eigenvalue weighted by Crippen LogP contribution is -2.48. The van der Waals surface area contributed by atoms with E-state index in [0.29, 0.717) is 11.2 Å². The molecule has 0 fully saturated rings. The van der Waals surface area contributed by atoms with E-state index in [-0.39, 0.29) is 11.4 Å². The van der Waals surface area contributed by atoms with Gasteiger partial charge in [0.1, 0.15) is 5.82 Å². The first-order chi connectivity index (χ1) is 11.0. The Balaban J connectivity index is 2.12. The van der Waals surface area contributed by atoms with E-state index in [1.54, 1.807) is 12.1 Å². The summed E-state index contributed by atoms with van der Waals surface area (Å²) in [6, 6.07) is 6.08. The minimum atomic E-state index is -4.59. The summed E-state index contributed by atoms with van der Waals surface area (Å²) in [5.74, 6) is 0.0494.